The minimum atomic E-state index is -1.30. The quantitative estimate of drug-likeness (QED) is 0.328. The van der Waals surface area contributed by atoms with Crippen molar-refractivity contribution in [3.8, 4) is 0 Å². The Morgan fingerprint density at radius 1 is 1.80 bits per heavy atom. The van der Waals surface area contributed by atoms with E-state index in [-0.39, 0.29) is 5.71 Å². The number of carboxylic acid groups (broad SMARTS) is 1. The van der Waals surface area contributed by atoms with E-state index in [2.05, 4.69) is 20.6 Å². The third-order valence-corrected chi connectivity index (χ3v) is 2.64. The molecule has 0 bridgehead atoms. The molecule has 0 radical (unpaired) electrons. The number of rotatable bonds is 5. The molecule has 0 fully saturated rings. The molecule has 0 spiro atoms. The molecule has 0 aromatic carbocycles. The van der Waals surface area contributed by atoms with E-state index in [0.717, 1.165) is 11.8 Å². The first kappa shape index (κ1) is 11.4. The van der Waals surface area contributed by atoms with Crippen LogP contribution >= 0.6 is 11.8 Å². The predicted molar refractivity (Wildman–Crippen MR) is 53.9 cm³/mol. The van der Waals surface area contributed by atoms with Crippen LogP contribution in [0.1, 0.15) is 0 Å². The number of nitrogens with zero attached hydrogens (tertiary/aromatic N) is 1. The molecule has 15 heavy (non-hydrogen) atoms. The SMILES string of the molecule is CO/N=C(/C(=O)O)C1(NC=O)NC=CS1. The van der Waals surface area contributed by atoms with Crippen molar-refractivity contribution in [2.75, 3.05) is 7.11 Å². The van der Waals surface area contributed by atoms with Gasteiger partial charge in [0, 0.05) is 6.20 Å². The van der Waals surface area contributed by atoms with Gasteiger partial charge in [0.05, 0.1) is 0 Å². The monoisotopic (exact) mass is 231 g/mol. The van der Waals surface area contributed by atoms with Crippen LogP contribution in [0.25, 0.3) is 0 Å². The molecule has 82 valence electrons. The Morgan fingerprint density at radius 3 is 2.93 bits per heavy atom. The number of carboxylic acids is 1. The molecule has 1 rings (SSSR count). The second-order valence-electron chi connectivity index (χ2n) is 2.44. The van der Waals surface area contributed by atoms with Gasteiger partial charge in [-0.25, -0.2) is 4.79 Å². The van der Waals surface area contributed by atoms with E-state index in [1.807, 2.05) is 0 Å². The summed E-state index contributed by atoms with van der Waals surface area (Å²) >= 11 is 1.07. The van der Waals surface area contributed by atoms with Crippen LogP contribution < -0.4 is 10.6 Å². The summed E-state index contributed by atoms with van der Waals surface area (Å²) < 4.78 is 0. The van der Waals surface area contributed by atoms with Crippen LogP contribution in [0.3, 0.4) is 0 Å². The Kier molecular flexibility index (Phi) is 3.56. The molecule has 1 aliphatic heterocycles. The van der Waals surface area contributed by atoms with Gasteiger partial charge in [0.15, 0.2) is 0 Å². The number of amides is 1. The Hall–Kier alpha value is -1.70. The van der Waals surface area contributed by atoms with Crippen LogP contribution in [0.5, 0.6) is 0 Å². The lowest BCUT2D eigenvalue weighted by Gasteiger charge is -2.26. The number of thioether (sulfide) groups is 1. The third kappa shape index (κ3) is 2.21. The molecule has 1 heterocycles. The van der Waals surface area contributed by atoms with Gasteiger partial charge in [-0.1, -0.05) is 16.9 Å². The molecule has 7 nitrogen and oxygen atoms in total. The zero-order chi connectivity index (χ0) is 11.3. The summed E-state index contributed by atoms with van der Waals surface area (Å²) in [6, 6.07) is 0. The van der Waals surface area contributed by atoms with Crippen LogP contribution in [0.2, 0.25) is 0 Å². The number of oxime groups is 1. The van der Waals surface area contributed by atoms with E-state index in [1.165, 1.54) is 13.3 Å². The predicted octanol–water partition coefficient (Wildman–Crippen LogP) is -0.719. The largest absolute Gasteiger partial charge is 0.477 e. The van der Waals surface area contributed by atoms with Crippen molar-refractivity contribution in [3.63, 3.8) is 0 Å². The third-order valence-electron chi connectivity index (χ3n) is 1.58. The number of carbonyl (C=O) groups is 2. The van der Waals surface area contributed by atoms with Crippen molar-refractivity contribution >= 4 is 29.9 Å². The van der Waals surface area contributed by atoms with Crippen LogP contribution in [0.15, 0.2) is 16.8 Å². The van der Waals surface area contributed by atoms with Crippen molar-refractivity contribution < 1.29 is 19.5 Å². The lowest BCUT2D eigenvalue weighted by molar-refractivity contribution is -0.129. The van der Waals surface area contributed by atoms with E-state index < -0.39 is 11.0 Å². The Balaban J connectivity index is 3.00. The molecule has 1 amide bonds. The Morgan fingerprint density at radius 2 is 2.53 bits per heavy atom. The maximum absolute atomic E-state index is 10.9. The van der Waals surface area contributed by atoms with Crippen molar-refractivity contribution in [2.45, 2.75) is 4.99 Å². The van der Waals surface area contributed by atoms with Gasteiger partial charge in [-0.2, -0.15) is 0 Å². The van der Waals surface area contributed by atoms with E-state index in [9.17, 15) is 9.59 Å². The van der Waals surface area contributed by atoms with Gasteiger partial charge in [-0.15, -0.1) is 0 Å². The van der Waals surface area contributed by atoms with E-state index in [0.29, 0.717) is 6.41 Å². The second-order valence-corrected chi connectivity index (χ2v) is 3.56. The summed E-state index contributed by atoms with van der Waals surface area (Å²) in [6.45, 7) is 0. The molecule has 1 atom stereocenters. The maximum Gasteiger partial charge on any atom is 0.359 e. The molecule has 8 heteroatoms. The van der Waals surface area contributed by atoms with Crippen LogP contribution in [0, 0.1) is 0 Å². The van der Waals surface area contributed by atoms with Gasteiger partial charge < -0.3 is 20.6 Å². The van der Waals surface area contributed by atoms with Crippen molar-refractivity contribution in [2.24, 2.45) is 5.16 Å². The molecule has 0 aromatic rings. The Bertz CT molecular complexity index is 320. The fourth-order valence-corrected chi connectivity index (χ4v) is 1.85. The minimum Gasteiger partial charge on any atom is -0.477 e. The highest BCUT2D eigenvalue weighted by molar-refractivity contribution is 8.04. The summed E-state index contributed by atoms with van der Waals surface area (Å²) in [5.41, 5.74) is -0.341. The minimum absolute atomic E-state index is 0.341. The van der Waals surface area contributed by atoms with E-state index in [4.69, 9.17) is 5.11 Å². The lowest BCUT2D eigenvalue weighted by Crippen LogP contribution is -2.58. The fourth-order valence-electron chi connectivity index (χ4n) is 1.02. The summed E-state index contributed by atoms with van der Waals surface area (Å²) in [5.74, 6) is -1.28. The first-order valence-corrected chi connectivity index (χ1v) is 4.71. The summed E-state index contributed by atoms with van der Waals surface area (Å²) in [6.07, 6.45) is 1.90. The van der Waals surface area contributed by atoms with Gasteiger partial charge in [-0.3, -0.25) is 4.79 Å². The average molecular weight is 231 g/mol. The number of hydrogen-bond donors (Lipinski definition) is 3. The molecule has 0 aromatic heterocycles. The normalized spacial score (nSPS) is 24.5. The van der Waals surface area contributed by atoms with Crippen LogP contribution in [-0.4, -0.2) is 35.3 Å². The zero-order valence-corrected chi connectivity index (χ0v) is 8.58. The van der Waals surface area contributed by atoms with Crippen LogP contribution in [-0.2, 0) is 14.4 Å². The smallest absolute Gasteiger partial charge is 0.359 e. The summed E-state index contributed by atoms with van der Waals surface area (Å²) in [7, 11) is 1.23. The van der Waals surface area contributed by atoms with Gasteiger partial charge in [0.25, 0.3) is 0 Å². The molecular weight excluding hydrogens is 222 g/mol. The highest BCUT2D eigenvalue weighted by Crippen LogP contribution is 2.27. The molecule has 0 saturated carbocycles. The number of hydrogen-bond acceptors (Lipinski definition) is 6. The van der Waals surface area contributed by atoms with Gasteiger partial charge in [0.1, 0.15) is 7.11 Å². The number of nitrogens with one attached hydrogen (secondary N) is 2. The van der Waals surface area contributed by atoms with Gasteiger partial charge in [0.2, 0.25) is 17.1 Å². The second kappa shape index (κ2) is 4.69. The van der Waals surface area contributed by atoms with Gasteiger partial charge in [-0.05, 0) is 5.41 Å². The highest BCUT2D eigenvalue weighted by Gasteiger charge is 2.42. The first-order valence-electron chi connectivity index (χ1n) is 3.83. The summed E-state index contributed by atoms with van der Waals surface area (Å²) in [5, 5.41) is 18.9. The van der Waals surface area contributed by atoms with E-state index >= 15 is 0 Å². The Labute approximate surface area is 89.5 Å². The molecule has 1 aliphatic rings. The molecular formula is C7H9N3O4S. The number of carbonyl (C=O) groups excluding carboxylic acids is 1. The zero-order valence-electron chi connectivity index (χ0n) is 7.76. The summed E-state index contributed by atoms with van der Waals surface area (Å²) in [4.78, 5) is 24.4. The number of aliphatic carboxylic acids is 1. The van der Waals surface area contributed by atoms with E-state index in [1.54, 1.807) is 5.41 Å². The lowest BCUT2D eigenvalue weighted by atomic mass is 10.3. The van der Waals surface area contributed by atoms with Crippen molar-refractivity contribution in [3.05, 3.63) is 11.6 Å². The van der Waals surface area contributed by atoms with Crippen molar-refractivity contribution in [1.29, 1.82) is 0 Å². The fraction of sp³-hybridized carbons (Fsp3) is 0.286. The first-order chi connectivity index (χ1) is 7.16. The highest BCUT2D eigenvalue weighted by atomic mass is 32.2. The molecule has 1 unspecified atom stereocenters. The maximum atomic E-state index is 10.9. The molecule has 0 saturated heterocycles. The average Bonchev–Trinajstić information content (AvgIpc) is 2.63. The molecule has 3 N–H and O–H groups in total. The van der Waals surface area contributed by atoms with Crippen molar-refractivity contribution in [1.82, 2.24) is 10.6 Å². The van der Waals surface area contributed by atoms with Gasteiger partial charge >= 0.3 is 5.97 Å². The van der Waals surface area contributed by atoms with Crippen LogP contribution in [0.4, 0.5) is 0 Å². The topological polar surface area (TPSA) is 100 Å². The molecule has 0 aliphatic carbocycles. The standard InChI is InChI=1S/C7H9N3O4S/c1-14-10-5(6(12)13)7(9-4-11)8-2-3-15-7/h2-4,8H,1H3,(H,9,11)(H,12,13)/b10-5-.